The summed E-state index contributed by atoms with van der Waals surface area (Å²) in [5.41, 5.74) is 2.37. The maximum atomic E-state index is 12.5. The minimum absolute atomic E-state index is 0.0146. The Hall–Kier alpha value is -2.95. The largest absolute Gasteiger partial charge is 0.394 e. The third kappa shape index (κ3) is 5.04. The Morgan fingerprint density at radius 3 is 2.90 bits per heavy atom. The van der Waals surface area contributed by atoms with Crippen LogP contribution in [0.1, 0.15) is 37.8 Å². The van der Waals surface area contributed by atoms with Gasteiger partial charge in [0.15, 0.2) is 0 Å². The summed E-state index contributed by atoms with van der Waals surface area (Å²) in [5.74, 6) is -0.0527. The number of amides is 1. The fourth-order valence-electron chi connectivity index (χ4n) is 4.17. The number of hydrogen-bond donors (Lipinski definition) is 2. The maximum absolute atomic E-state index is 12.5. The van der Waals surface area contributed by atoms with Crippen molar-refractivity contribution < 1.29 is 23.1 Å². The highest BCUT2D eigenvalue weighted by Crippen LogP contribution is 2.39. The van der Waals surface area contributed by atoms with E-state index in [0.29, 0.717) is 24.6 Å². The van der Waals surface area contributed by atoms with E-state index in [1.54, 1.807) is 34.2 Å². The number of nitrogens with zero attached hydrogens (tertiary/aromatic N) is 5. The molecule has 2 aromatic rings. The monoisotopic (exact) mass is 436 g/mol. The molecule has 31 heavy (non-hydrogen) atoms. The number of hydrogen-bond acceptors (Lipinski definition) is 6. The van der Waals surface area contributed by atoms with Gasteiger partial charge in [-0.3, -0.25) is 9.48 Å². The Morgan fingerprint density at radius 1 is 1.32 bits per heavy atom. The second-order valence-electron chi connectivity index (χ2n) is 7.72. The zero-order valence-electron chi connectivity index (χ0n) is 16.7. The second-order valence-corrected chi connectivity index (χ2v) is 7.72. The fourth-order valence-corrected chi connectivity index (χ4v) is 4.17. The first-order valence-corrected chi connectivity index (χ1v) is 10.1. The lowest BCUT2D eigenvalue weighted by molar-refractivity contribution is -0.150. The van der Waals surface area contributed by atoms with Crippen LogP contribution in [0.2, 0.25) is 0 Å². The molecule has 1 saturated heterocycles. The third-order valence-electron chi connectivity index (χ3n) is 5.51. The highest BCUT2D eigenvalue weighted by atomic mass is 19.4. The molecular formula is C20H23F3N6O2. The van der Waals surface area contributed by atoms with E-state index in [1.807, 2.05) is 6.08 Å². The Kier molecular flexibility index (Phi) is 5.94. The fraction of sp³-hybridized carbons (Fsp3) is 0.500. The molecule has 2 N–H and O–H groups in total. The molecule has 0 aromatic carbocycles. The van der Waals surface area contributed by atoms with E-state index < -0.39 is 24.9 Å². The number of fused-ring (bicyclic) bond motifs is 2. The molecule has 4 rings (SSSR count). The second kappa shape index (κ2) is 8.66. The average Bonchev–Trinajstić information content (AvgIpc) is 3.27. The van der Waals surface area contributed by atoms with Crippen molar-refractivity contribution in [3.8, 4) is 0 Å². The van der Waals surface area contributed by atoms with Crippen LogP contribution in [0.15, 0.2) is 30.7 Å². The van der Waals surface area contributed by atoms with Gasteiger partial charge < -0.3 is 15.3 Å². The predicted octanol–water partition coefficient (Wildman–Crippen LogP) is 2.90. The van der Waals surface area contributed by atoms with E-state index in [2.05, 4.69) is 20.4 Å². The Labute approximate surface area is 176 Å². The molecule has 2 bridgehead atoms. The van der Waals surface area contributed by atoms with Gasteiger partial charge in [0.05, 0.1) is 43.2 Å². The lowest BCUT2D eigenvalue weighted by Crippen LogP contribution is -2.43. The first-order valence-electron chi connectivity index (χ1n) is 10.1. The lowest BCUT2D eigenvalue weighted by atomic mass is 9.98. The molecular weight excluding hydrogens is 413 g/mol. The Morgan fingerprint density at radius 2 is 2.16 bits per heavy atom. The summed E-state index contributed by atoms with van der Waals surface area (Å²) in [6.07, 6.45) is 3.05. The third-order valence-corrected chi connectivity index (χ3v) is 5.51. The van der Waals surface area contributed by atoms with E-state index in [0.717, 1.165) is 24.1 Å². The predicted molar refractivity (Wildman–Crippen MR) is 106 cm³/mol. The molecule has 4 heterocycles. The number of carbonyl (C=O) groups excluding carboxylic acids is 1. The van der Waals surface area contributed by atoms with Gasteiger partial charge in [0.25, 0.3) is 0 Å². The van der Waals surface area contributed by atoms with Crippen LogP contribution in [-0.2, 0) is 11.3 Å². The molecule has 1 fully saturated rings. The van der Waals surface area contributed by atoms with Gasteiger partial charge in [-0.15, -0.1) is 0 Å². The van der Waals surface area contributed by atoms with Crippen molar-refractivity contribution >= 4 is 23.1 Å². The van der Waals surface area contributed by atoms with Gasteiger partial charge in [-0.2, -0.15) is 18.3 Å². The van der Waals surface area contributed by atoms with Crippen molar-refractivity contribution in [1.82, 2.24) is 24.6 Å². The molecule has 0 radical (unpaired) electrons. The van der Waals surface area contributed by atoms with Crippen molar-refractivity contribution in [2.45, 2.75) is 56.9 Å². The number of halogens is 3. The van der Waals surface area contributed by atoms with E-state index in [4.69, 9.17) is 5.11 Å². The number of aliphatic hydroxyl groups excluding tert-OH is 1. The average molecular weight is 436 g/mol. The van der Waals surface area contributed by atoms with E-state index in [1.165, 1.54) is 0 Å². The number of rotatable bonds is 7. The topological polar surface area (TPSA) is 96.2 Å². The summed E-state index contributed by atoms with van der Waals surface area (Å²) >= 11 is 0. The van der Waals surface area contributed by atoms with Crippen LogP contribution in [-0.4, -0.2) is 60.5 Å². The smallest absolute Gasteiger partial charge is 0.389 e. The molecule has 2 unspecified atom stereocenters. The highest BCUT2D eigenvalue weighted by molar-refractivity contribution is 5.80. The van der Waals surface area contributed by atoms with Crippen LogP contribution >= 0.6 is 0 Å². The highest BCUT2D eigenvalue weighted by Gasteiger charge is 2.40. The molecule has 2 aliphatic rings. The molecule has 2 aliphatic heterocycles. The number of nitrogens with one attached hydrogen (secondary N) is 1. The number of carbonyl (C=O) groups is 1. The quantitative estimate of drug-likeness (QED) is 0.693. The molecule has 0 aliphatic carbocycles. The van der Waals surface area contributed by atoms with E-state index in [9.17, 15) is 18.0 Å². The summed E-state index contributed by atoms with van der Waals surface area (Å²) in [6.45, 7) is 0.371. The van der Waals surface area contributed by atoms with Crippen LogP contribution in [0.25, 0.3) is 5.57 Å². The van der Waals surface area contributed by atoms with E-state index in [-0.39, 0.29) is 18.7 Å². The maximum Gasteiger partial charge on any atom is 0.389 e. The first-order chi connectivity index (χ1) is 14.8. The molecule has 0 saturated carbocycles. The number of aliphatic hydroxyl groups is 1. The number of alkyl halides is 3. The molecule has 8 nitrogen and oxygen atoms in total. The van der Waals surface area contributed by atoms with Crippen molar-refractivity contribution in [3.05, 3.63) is 36.4 Å². The first kappa shape index (κ1) is 21.3. The summed E-state index contributed by atoms with van der Waals surface area (Å²) in [6, 6.07) is 1.48. The summed E-state index contributed by atoms with van der Waals surface area (Å²) in [5, 5.41) is 16.2. The number of aromatic nitrogens is 4. The van der Waals surface area contributed by atoms with Crippen LogP contribution in [0.3, 0.4) is 0 Å². The van der Waals surface area contributed by atoms with Crippen LogP contribution in [0.4, 0.5) is 24.8 Å². The standard InChI is InChI=1S/C20H23F3N6O2/c21-20(22,23)5-3-18(31)29-15-1-2-16(29)10-13(9-15)17-4-6-24-19(27-17)26-14-11-25-28(12-14)7-8-30/h4,6,9,11-12,15-16,30H,1-3,5,7-8,10H2,(H,24,26,27). The van der Waals surface area contributed by atoms with Crippen LogP contribution < -0.4 is 5.32 Å². The minimum atomic E-state index is -4.33. The van der Waals surface area contributed by atoms with Crippen molar-refractivity contribution in [3.63, 3.8) is 0 Å². The van der Waals surface area contributed by atoms with Gasteiger partial charge in [0, 0.05) is 24.9 Å². The molecule has 2 atom stereocenters. The van der Waals surface area contributed by atoms with Gasteiger partial charge >= 0.3 is 6.18 Å². The molecule has 2 aromatic heterocycles. The normalized spacial score (nSPS) is 20.6. The van der Waals surface area contributed by atoms with Gasteiger partial charge in [0.1, 0.15) is 0 Å². The molecule has 166 valence electrons. The van der Waals surface area contributed by atoms with Crippen LogP contribution in [0.5, 0.6) is 0 Å². The van der Waals surface area contributed by atoms with E-state index >= 15 is 0 Å². The summed E-state index contributed by atoms with van der Waals surface area (Å²) < 4.78 is 39.1. The van der Waals surface area contributed by atoms with Gasteiger partial charge in [0.2, 0.25) is 11.9 Å². The minimum Gasteiger partial charge on any atom is -0.394 e. The van der Waals surface area contributed by atoms with Crippen molar-refractivity contribution in [2.75, 3.05) is 11.9 Å². The molecule has 0 spiro atoms. The molecule has 11 heteroatoms. The van der Waals surface area contributed by atoms with Crippen molar-refractivity contribution in [1.29, 1.82) is 0 Å². The van der Waals surface area contributed by atoms with Gasteiger partial charge in [-0.1, -0.05) is 6.08 Å². The lowest BCUT2D eigenvalue weighted by Gasteiger charge is -2.34. The van der Waals surface area contributed by atoms with Crippen molar-refractivity contribution in [2.24, 2.45) is 0 Å². The zero-order chi connectivity index (χ0) is 22.0. The molecule has 1 amide bonds. The summed E-state index contributed by atoms with van der Waals surface area (Å²) in [7, 11) is 0. The van der Waals surface area contributed by atoms with Gasteiger partial charge in [-0.25, -0.2) is 9.97 Å². The number of anilines is 2. The Bertz CT molecular complexity index is 974. The SMILES string of the molecule is O=C(CCC(F)(F)F)N1C2C=C(c3ccnc(Nc4cnn(CCO)c4)n3)CC1CC2. The Balaban J connectivity index is 1.46. The van der Waals surface area contributed by atoms with Gasteiger partial charge in [-0.05, 0) is 30.9 Å². The summed E-state index contributed by atoms with van der Waals surface area (Å²) in [4.78, 5) is 22.8. The van der Waals surface area contributed by atoms with Crippen LogP contribution in [0, 0.1) is 0 Å². The zero-order valence-corrected chi connectivity index (χ0v) is 16.7.